The zero-order valence-corrected chi connectivity index (χ0v) is 12.7. The molecule has 5 heteroatoms. The van der Waals surface area contributed by atoms with E-state index >= 15 is 0 Å². The van der Waals surface area contributed by atoms with Gasteiger partial charge in [0.05, 0.1) is 17.6 Å². The van der Waals surface area contributed by atoms with Gasteiger partial charge in [-0.2, -0.15) is 0 Å². The van der Waals surface area contributed by atoms with Crippen molar-refractivity contribution < 1.29 is 9.50 Å². The second-order valence-corrected chi connectivity index (χ2v) is 5.54. The maximum Gasteiger partial charge on any atom is 0.129 e. The molecule has 3 rings (SSSR count). The second kappa shape index (κ2) is 6.46. The average molecular weight is 319 g/mol. The monoisotopic (exact) mass is 318 g/mol. The molecule has 1 heterocycles. The molecule has 1 N–H and O–H groups in total. The summed E-state index contributed by atoms with van der Waals surface area (Å²) < 4.78 is 16.0. The lowest BCUT2D eigenvalue weighted by Crippen LogP contribution is -2.08. The number of hydrogen-bond acceptors (Lipinski definition) is 2. The van der Waals surface area contributed by atoms with Crippen LogP contribution >= 0.6 is 11.6 Å². The van der Waals surface area contributed by atoms with Crippen LogP contribution in [0.25, 0.3) is 11.0 Å². The Morgan fingerprint density at radius 3 is 2.73 bits per heavy atom. The van der Waals surface area contributed by atoms with Crippen LogP contribution < -0.4 is 0 Å². The summed E-state index contributed by atoms with van der Waals surface area (Å²) in [6.45, 7) is 0.427. The smallest absolute Gasteiger partial charge is 0.129 e. The van der Waals surface area contributed by atoms with Gasteiger partial charge < -0.3 is 9.67 Å². The molecule has 22 heavy (non-hydrogen) atoms. The van der Waals surface area contributed by atoms with E-state index in [1.54, 1.807) is 12.1 Å². The van der Waals surface area contributed by atoms with Gasteiger partial charge in [0.1, 0.15) is 11.6 Å². The van der Waals surface area contributed by atoms with Gasteiger partial charge in [0, 0.05) is 23.6 Å². The summed E-state index contributed by atoms with van der Waals surface area (Å²) in [7, 11) is 0. The van der Waals surface area contributed by atoms with Crippen molar-refractivity contribution in [3.63, 3.8) is 0 Å². The molecule has 0 atom stereocenters. The molecule has 0 fully saturated rings. The molecule has 0 saturated heterocycles. The van der Waals surface area contributed by atoms with Crippen molar-refractivity contribution in [1.82, 2.24) is 9.55 Å². The van der Waals surface area contributed by atoms with Gasteiger partial charge in [-0.05, 0) is 30.7 Å². The Hall–Kier alpha value is -1.91. The van der Waals surface area contributed by atoms with Crippen LogP contribution in [0.2, 0.25) is 5.02 Å². The number of imidazole rings is 1. The number of nitrogens with zero attached hydrogens (tertiary/aromatic N) is 2. The van der Waals surface area contributed by atoms with E-state index < -0.39 is 0 Å². The molecule has 0 amide bonds. The number of aromatic nitrogens is 2. The summed E-state index contributed by atoms with van der Waals surface area (Å²) in [5.41, 5.74) is 2.26. The third-order valence-electron chi connectivity index (χ3n) is 3.67. The van der Waals surface area contributed by atoms with Crippen LogP contribution in [0.4, 0.5) is 4.39 Å². The minimum atomic E-state index is -0.321. The molecular formula is C17H16ClFN2O. The first kappa shape index (κ1) is 15.0. The summed E-state index contributed by atoms with van der Waals surface area (Å²) in [4.78, 5) is 4.59. The minimum absolute atomic E-state index is 0.101. The standard InChI is InChI=1S/C17H16ClFN2O/c18-13-5-3-6-14(19)12(13)11-21-16-8-2-1-7-15(16)20-17(21)9-4-10-22/h1-3,5-8,22H,4,9-11H2. The summed E-state index contributed by atoms with van der Waals surface area (Å²) >= 11 is 6.14. The fourth-order valence-corrected chi connectivity index (χ4v) is 2.79. The fourth-order valence-electron chi connectivity index (χ4n) is 2.57. The Kier molecular flexibility index (Phi) is 4.41. The normalized spacial score (nSPS) is 11.2. The fraction of sp³-hybridized carbons (Fsp3) is 0.235. The number of para-hydroxylation sites is 2. The third-order valence-corrected chi connectivity index (χ3v) is 4.02. The van der Waals surface area contributed by atoms with Crippen LogP contribution in [0.1, 0.15) is 17.8 Å². The summed E-state index contributed by atoms with van der Waals surface area (Å²) in [5.74, 6) is 0.507. The number of halogens is 2. The molecule has 0 aliphatic rings. The molecule has 2 aromatic carbocycles. The molecule has 0 saturated carbocycles. The lowest BCUT2D eigenvalue weighted by atomic mass is 10.2. The van der Waals surface area contributed by atoms with E-state index in [4.69, 9.17) is 16.7 Å². The van der Waals surface area contributed by atoms with Gasteiger partial charge in [-0.1, -0.05) is 29.8 Å². The zero-order chi connectivity index (χ0) is 15.5. The van der Waals surface area contributed by atoms with Gasteiger partial charge >= 0.3 is 0 Å². The minimum Gasteiger partial charge on any atom is -0.396 e. The Labute approximate surface area is 133 Å². The van der Waals surface area contributed by atoms with Crippen LogP contribution in [0.15, 0.2) is 42.5 Å². The van der Waals surface area contributed by atoms with Crippen molar-refractivity contribution in [2.75, 3.05) is 6.61 Å². The third kappa shape index (κ3) is 2.85. The highest BCUT2D eigenvalue weighted by Gasteiger charge is 2.14. The quantitative estimate of drug-likeness (QED) is 0.777. The largest absolute Gasteiger partial charge is 0.396 e. The Morgan fingerprint density at radius 1 is 1.14 bits per heavy atom. The van der Waals surface area contributed by atoms with Crippen LogP contribution in [-0.4, -0.2) is 21.3 Å². The first-order chi connectivity index (χ1) is 10.7. The molecule has 114 valence electrons. The van der Waals surface area contributed by atoms with Crippen LogP contribution in [0.3, 0.4) is 0 Å². The van der Waals surface area contributed by atoms with E-state index in [1.807, 2.05) is 28.8 Å². The number of rotatable bonds is 5. The van der Waals surface area contributed by atoms with Crippen molar-refractivity contribution in [3.8, 4) is 0 Å². The van der Waals surface area contributed by atoms with E-state index in [0.29, 0.717) is 30.0 Å². The maximum absolute atomic E-state index is 14.1. The van der Waals surface area contributed by atoms with Gasteiger partial charge in [-0.25, -0.2) is 9.37 Å². The number of aliphatic hydroxyl groups excluding tert-OH is 1. The van der Waals surface area contributed by atoms with Gasteiger partial charge in [-0.15, -0.1) is 0 Å². The first-order valence-corrected chi connectivity index (χ1v) is 7.56. The highest BCUT2D eigenvalue weighted by Crippen LogP contribution is 2.24. The topological polar surface area (TPSA) is 38.1 Å². The van der Waals surface area contributed by atoms with Crippen molar-refractivity contribution in [2.45, 2.75) is 19.4 Å². The van der Waals surface area contributed by atoms with E-state index in [-0.39, 0.29) is 12.4 Å². The van der Waals surface area contributed by atoms with Crippen molar-refractivity contribution >= 4 is 22.6 Å². The number of hydrogen-bond donors (Lipinski definition) is 1. The lowest BCUT2D eigenvalue weighted by molar-refractivity contribution is 0.287. The average Bonchev–Trinajstić information content (AvgIpc) is 2.86. The molecule has 0 spiro atoms. The SMILES string of the molecule is OCCCc1nc2ccccc2n1Cc1c(F)cccc1Cl. The second-order valence-electron chi connectivity index (χ2n) is 5.13. The van der Waals surface area contributed by atoms with Crippen LogP contribution in [-0.2, 0) is 13.0 Å². The Morgan fingerprint density at radius 2 is 1.95 bits per heavy atom. The molecule has 0 unspecified atom stereocenters. The van der Waals surface area contributed by atoms with E-state index in [1.165, 1.54) is 6.07 Å². The van der Waals surface area contributed by atoms with Crippen LogP contribution in [0, 0.1) is 5.82 Å². The zero-order valence-electron chi connectivity index (χ0n) is 12.0. The number of aliphatic hydroxyl groups is 1. The van der Waals surface area contributed by atoms with E-state index in [9.17, 15) is 4.39 Å². The highest BCUT2D eigenvalue weighted by molar-refractivity contribution is 6.31. The van der Waals surface area contributed by atoms with Crippen molar-refractivity contribution in [3.05, 3.63) is 64.7 Å². The maximum atomic E-state index is 14.1. The Balaban J connectivity index is 2.08. The summed E-state index contributed by atoms with van der Waals surface area (Å²) in [6.07, 6.45) is 1.26. The highest BCUT2D eigenvalue weighted by atomic mass is 35.5. The number of aryl methyl sites for hydroxylation is 1. The summed E-state index contributed by atoms with van der Waals surface area (Å²) in [5, 5.41) is 9.46. The predicted octanol–water partition coefficient (Wildman–Crippen LogP) is 3.80. The van der Waals surface area contributed by atoms with Gasteiger partial charge in [0.25, 0.3) is 0 Å². The van der Waals surface area contributed by atoms with Gasteiger partial charge in [0.2, 0.25) is 0 Å². The molecule has 0 radical (unpaired) electrons. The van der Waals surface area contributed by atoms with E-state index in [2.05, 4.69) is 4.98 Å². The van der Waals surface area contributed by atoms with Crippen molar-refractivity contribution in [2.24, 2.45) is 0 Å². The molecule has 3 nitrogen and oxygen atoms in total. The molecule has 0 bridgehead atoms. The predicted molar refractivity (Wildman–Crippen MR) is 85.7 cm³/mol. The van der Waals surface area contributed by atoms with E-state index in [0.717, 1.165) is 16.9 Å². The number of fused-ring (bicyclic) bond motifs is 1. The molecule has 1 aromatic heterocycles. The van der Waals surface area contributed by atoms with Crippen LogP contribution in [0.5, 0.6) is 0 Å². The summed E-state index contributed by atoms with van der Waals surface area (Å²) in [6, 6.07) is 12.4. The van der Waals surface area contributed by atoms with Gasteiger partial charge in [-0.3, -0.25) is 0 Å². The van der Waals surface area contributed by atoms with Gasteiger partial charge in [0.15, 0.2) is 0 Å². The lowest BCUT2D eigenvalue weighted by Gasteiger charge is -2.11. The molecule has 3 aromatic rings. The molecular weight excluding hydrogens is 303 g/mol. The Bertz CT molecular complexity index is 780. The first-order valence-electron chi connectivity index (χ1n) is 7.18. The van der Waals surface area contributed by atoms with Crippen molar-refractivity contribution in [1.29, 1.82) is 0 Å². The number of benzene rings is 2. The molecule has 0 aliphatic heterocycles. The molecule has 0 aliphatic carbocycles.